The zero-order chi connectivity index (χ0) is 28.4. The van der Waals surface area contributed by atoms with Gasteiger partial charge in [0.1, 0.15) is 15.1 Å². The summed E-state index contributed by atoms with van der Waals surface area (Å²) in [7, 11) is 5.58. The van der Waals surface area contributed by atoms with Crippen LogP contribution in [0.2, 0.25) is 15.2 Å². The number of thiocarbonyl (C=S) groups is 2. The number of carboxylic acids is 1. The monoisotopic (exact) mass is 680 g/mol. The fraction of sp³-hybridized carbons (Fsp3) is 0.100. The molecule has 0 radical (unpaired) electrons. The maximum atomic E-state index is 11.5. The van der Waals surface area contributed by atoms with Gasteiger partial charge in [-0.3, -0.25) is 9.59 Å². The molecule has 0 saturated heterocycles. The largest absolute Gasteiger partial charge is 0.481 e. The number of aromatic carboxylic acids is 1. The zero-order valence-electron chi connectivity index (χ0n) is 18.3. The van der Waals surface area contributed by atoms with Crippen molar-refractivity contribution in [3.63, 3.8) is 0 Å². The van der Waals surface area contributed by atoms with Crippen LogP contribution < -0.4 is 5.73 Å². The minimum absolute atomic E-state index is 0.0448. The number of halogens is 5. The number of benzene rings is 1. The average Bonchev–Trinajstić information content (AvgIpc) is 2.90. The van der Waals surface area contributed by atoms with Crippen molar-refractivity contribution >= 4 is 136 Å². The van der Waals surface area contributed by atoms with Crippen molar-refractivity contribution in [2.24, 2.45) is 0 Å². The number of fused-ring (bicyclic) bond motifs is 1. The molecular formula is C20H13Cl5N2O6S4. The molecule has 8 nitrogen and oxygen atoms in total. The Morgan fingerprint density at radius 3 is 1.65 bits per heavy atom. The maximum absolute atomic E-state index is 11.5. The molecule has 17 heteroatoms. The number of nitrogens with zero attached hydrogens (tertiary/aromatic N) is 1. The number of carbonyl (C=O) groups is 3. The number of pyridine rings is 1. The Hall–Kier alpha value is -1.35. The van der Waals surface area contributed by atoms with Crippen molar-refractivity contribution in [2.75, 3.05) is 20.0 Å². The van der Waals surface area contributed by atoms with Crippen LogP contribution in [0.1, 0.15) is 31.2 Å². The number of hydrogen-bond donors (Lipinski definition) is 2. The van der Waals surface area contributed by atoms with Gasteiger partial charge in [0.05, 0.1) is 24.9 Å². The van der Waals surface area contributed by atoms with Gasteiger partial charge in [0.2, 0.25) is 20.3 Å². The normalized spacial score (nSPS) is 11.9. The van der Waals surface area contributed by atoms with Gasteiger partial charge in [-0.2, -0.15) is 0 Å². The lowest BCUT2D eigenvalue weighted by molar-refractivity contribution is 0.0690. The molecule has 0 saturated carbocycles. The molecule has 1 aromatic heterocycles. The fourth-order valence-electron chi connectivity index (χ4n) is 2.12. The standard InChI is InChI=1S/C10H4Cl2O2.C6H3Cl3N2O2.C4H6O2S4/c11-7-8(12)10(14)6-4-2-1-3-5(6)9(7)13;7-1-3(10)2(8)5(9)11-4(1)6(12)13;1-5-3(7)9-10-4(8)6-2/h1-4H;(H2,10,11)(H,12,13);1-2H3. The first kappa shape index (κ1) is 33.7. The number of nitrogen functional groups attached to an aromatic ring is 1. The second-order valence-electron chi connectivity index (χ2n) is 6.00. The van der Waals surface area contributed by atoms with Crippen molar-refractivity contribution in [1.29, 1.82) is 0 Å². The third-order valence-electron chi connectivity index (χ3n) is 3.79. The lowest BCUT2D eigenvalue weighted by Crippen LogP contribution is -2.17. The summed E-state index contributed by atoms with van der Waals surface area (Å²) in [5.74, 6) is -2.10. The molecule has 0 atom stereocenters. The number of methoxy groups -OCH3 is 2. The Labute approximate surface area is 254 Å². The SMILES string of the molecule is COC(=S)SSC(=S)OC.Nc1c(Cl)c(Cl)nc(C(=O)O)c1Cl.O=C1C(Cl)=C(Cl)C(=O)c2ccccc21. The zero-order valence-corrected chi connectivity index (χ0v) is 25.4. The van der Waals surface area contributed by atoms with Crippen molar-refractivity contribution < 1.29 is 29.0 Å². The van der Waals surface area contributed by atoms with Crippen LogP contribution in [0.5, 0.6) is 0 Å². The van der Waals surface area contributed by atoms with E-state index in [1.807, 2.05) is 0 Å². The predicted molar refractivity (Wildman–Crippen MR) is 159 cm³/mol. The number of Topliss-reactive ketones (excluding diaryl/α,β-unsaturated/α-hetero) is 2. The van der Waals surface area contributed by atoms with Crippen molar-refractivity contribution in [3.05, 3.63) is 66.3 Å². The lowest BCUT2D eigenvalue weighted by atomic mass is 9.95. The molecule has 0 amide bonds. The summed E-state index contributed by atoms with van der Waals surface area (Å²) < 4.78 is 10.3. The Bertz CT molecular complexity index is 1230. The molecule has 1 aliphatic rings. The van der Waals surface area contributed by atoms with Crippen molar-refractivity contribution in [1.82, 2.24) is 4.98 Å². The molecular weight excluding hydrogens is 670 g/mol. The van der Waals surface area contributed by atoms with Crippen LogP contribution in [0, 0.1) is 0 Å². The van der Waals surface area contributed by atoms with E-state index in [0.29, 0.717) is 19.9 Å². The Morgan fingerprint density at radius 2 is 1.30 bits per heavy atom. The lowest BCUT2D eigenvalue weighted by Gasteiger charge is -2.12. The molecule has 1 aromatic carbocycles. The smallest absolute Gasteiger partial charge is 0.356 e. The number of allylic oxidation sites excluding steroid dienone is 2. The Morgan fingerprint density at radius 1 is 0.892 bits per heavy atom. The molecule has 3 rings (SSSR count). The number of ether oxygens (including phenoxy) is 2. The van der Waals surface area contributed by atoms with E-state index in [1.165, 1.54) is 35.8 Å². The first-order valence-corrected chi connectivity index (χ1v) is 13.9. The second kappa shape index (κ2) is 15.9. The van der Waals surface area contributed by atoms with E-state index < -0.39 is 23.2 Å². The number of anilines is 1. The number of hydrogen-bond acceptors (Lipinski definition) is 11. The average molecular weight is 683 g/mol. The summed E-state index contributed by atoms with van der Waals surface area (Å²) in [5.41, 5.74) is 5.50. The number of ketones is 2. The van der Waals surface area contributed by atoms with Crippen LogP contribution in [-0.4, -0.2) is 50.6 Å². The maximum Gasteiger partial charge on any atom is 0.356 e. The fourth-order valence-corrected chi connectivity index (χ4v) is 4.79. The first-order valence-electron chi connectivity index (χ1n) is 9.05. The third-order valence-corrected chi connectivity index (χ3v) is 9.06. The molecule has 0 spiro atoms. The summed E-state index contributed by atoms with van der Waals surface area (Å²) in [6, 6.07) is 6.46. The minimum atomic E-state index is -1.31. The summed E-state index contributed by atoms with van der Waals surface area (Å²) in [6.07, 6.45) is 0. The van der Waals surface area contributed by atoms with Gasteiger partial charge in [-0.25, -0.2) is 9.78 Å². The van der Waals surface area contributed by atoms with Gasteiger partial charge in [-0.1, -0.05) is 82.3 Å². The highest BCUT2D eigenvalue weighted by atomic mass is 35.5. The van der Waals surface area contributed by atoms with E-state index in [1.54, 1.807) is 24.3 Å². The third kappa shape index (κ3) is 9.41. The number of carboxylic acid groups (broad SMARTS) is 1. The van der Waals surface area contributed by atoms with Crippen LogP contribution in [-0.2, 0) is 9.47 Å². The summed E-state index contributed by atoms with van der Waals surface area (Å²) in [4.78, 5) is 37.1. The van der Waals surface area contributed by atoms with Gasteiger partial charge in [0.25, 0.3) is 0 Å². The summed E-state index contributed by atoms with van der Waals surface area (Å²) in [6.45, 7) is 0. The molecule has 0 aliphatic heterocycles. The van der Waals surface area contributed by atoms with E-state index in [4.69, 9.17) is 103 Å². The Kier molecular flexibility index (Phi) is 14.5. The van der Waals surface area contributed by atoms with Crippen LogP contribution >= 0.6 is 104 Å². The molecule has 3 N–H and O–H groups in total. The number of nitrogens with two attached hydrogens (primary N) is 1. The summed E-state index contributed by atoms with van der Waals surface area (Å²) >= 11 is 37.3. The van der Waals surface area contributed by atoms with E-state index in [-0.39, 0.29) is 31.0 Å². The number of rotatable bonds is 1. The number of carbonyl (C=O) groups excluding carboxylic acids is 2. The highest BCUT2D eigenvalue weighted by Gasteiger charge is 2.29. The van der Waals surface area contributed by atoms with Crippen LogP contribution in [0.3, 0.4) is 0 Å². The quantitative estimate of drug-likeness (QED) is 0.178. The predicted octanol–water partition coefficient (Wildman–Crippen LogP) is 7.31. The minimum Gasteiger partial charge on any atom is -0.481 e. The number of aromatic nitrogens is 1. The van der Waals surface area contributed by atoms with Crippen molar-refractivity contribution in [3.8, 4) is 0 Å². The van der Waals surface area contributed by atoms with Crippen LogP contribution in [0.4, 0.5) is 5.69 Å². The van der Waals surface area contributed by atoms with E-state index in [0.717, 1.165) is 0 Å². The molecule has 2 aromatic rings. The topological polar surface area (TPSA) is 129 Å². The van der Waals surface area contributed by atoms with Gasteiger partial charge in [0, 0.05) is 32.7 Å². The highest BCUT2D eigenvalue weighted by molar-refractivity contribution is 8.89. The van der Waals surface area contributed by atoms with Gasteiger partial charge in [-0.15, -0.1) is 0 Å². The van der Waals surface area contributed by atoms with Gasteiger partial charge in [0.15, 0.2) is 10.8 Å². The molecule has 0 fully saturated rings. The highest BCUT2D eigenvalue weighted by Crippen LogP contribution is 2.34. The molecule has 1 heterocycles. The van der Waals surface area contributed by atoms with E-state index in [2.05, 4.69) is 4.98 Å². The van der Waals surface area contributed by atoms with Crippen LogP contribution in [0.15, 0.2) is 34.3 Å². The van der Waals surface area contributed by atoms with E-state index in [9.17, 15) is 14.4 Å². The van der Waals surface area contributed by atoms with Gasteiger partial charge >= 0.3 is 5.97 Å². The van der Waals surface area contributed by atoms with Gasteiger partial charge in [-0.05, 0) is 24.4 Å². The molecule has 0 bridgehead atoms. The van der Waals surface area contributed by atoms with Crippen LogP contribution in [0.25, 0.3) is 0 Å². The second-order valence-corrected chi connectivity index (χ2v) is 11.2. The molecule has 1 aliphatic carbocycles. The van der Waals surface area contributed by atoms with E-state index >= 15 is 0 Å². The first-order chi connectivity index (χ1) is 17.3. The molecule has 37 heavy (non-hydrogen) atoms. The molecule has 198 valence electrons. The Balaban J connectivity index is 0.000000283. The van der Waals surface area contributed by atoms with Gasteiger partial charge < -0.3 is 20.3 Å². The van der Waals surface area contributed by atoms with Crippen molar-refractivity contribution in [2.45, 2.75) is 0 Å². The summed E-state index contributed by atoms with van der Waals surface area (Å²) in [5, 5.41) is 7.77. The molecule has 0 unspecified atom stereocenters.